The van der Waals surface area contributed by atoms with Crippen LogP contribution in [-0.4, -0.2) is 22.5 Å². The third kappa shape index (κ3) is 0.759. The van der Waals surface area contributed by atoms with Gasteiger partial charge >= 0.3 is 5.97 Å². The van der Waals surface area contributed by atoms with Crippen molar-refractivity contribution in [3.63, 3.8) is 0 Å². The summed E-state index contributed by atoms with van der Waals surface area (Å²) in [5.74, 6) is -1.16. The topological polar surface area (TPSA) is 66.4 Å². The van der Waals surface area contributed by atoms with Gasteiger partial charge in [0.2, 0.25) is 5.91 Å². The Morgan fingerprint density at radius 2 is 2.33 bits per heavy atom. The maximum atomic E-state index is 10.2. The van der Waals surface area contributed by atoms with E-state index < -0.39 is 11.5 Å². The van der Waals surface area contributed by atoms with E-state index in [1.165, 1.54) is 6.92 Å². The summed E-state index contributed by atoms with van der Waals surface area (Å²) in [6, 6.07) is 0. The quantitative estimate of drug-likeness (QED) is 0.462. The summed E-state index contributed by atoms with van der Waals surface area (Å²) >= 11 is 0. The van der Waals surface area contributed by atoms with Crippen molar-refractivity contribution in [3.05, 3.63) is 0 Å². The van der Waals surface area contributed by atoms with Crippen LogP contribution < -0.4 is 5.32 Å². The fraction of sp³-hybridized carbons (Fsp3) is 0.600. The second-order valence-corrected chi connectivity index (χ2v) is 2.36. The highest BCUT2D eigenvalue weighted by Crippen LogP contribution is 2.18. The Hall–Kier alpha value is -1.06. The zero-order valence-corrected chi connectivity index (χ0v) is 4.97. The van der Waals surface area contributed by atoms with Crippen molar-refractivity contribution < 1.29 is 14.7 Å². The molecule has 1 rings (SSSR count). The summed E-state index contributed by atoms with van der Waals surface area (Å²) in [5, 5.41) is 10.7. The molecule has 1 heterocycles. The molecule has 1 fully saturated rings. The lowest BCUT2D eigenvalue weighted by Crippen LogP contribution is -2.63. The van der Waals surface area contributed by atoms with Gasteiger partial charge in [-0.3, -0.25) is 4.79 Å². The Labute approximate surface area is 51.9 Å². The minimum absolute atomic E-state index is 0.0995. The van der Waals surface area contributed by atoms with Crippen molar-refractivity contribution in [3.8, 4) is 0 Å². The van der Waals surface area contributed by atoms with Crippen LogP contribution in [0.15, 0.2) is 0 Å². The van der Waals surface area contributed by atoms with E-state index in [0.717, 1.165) is 0 Å². The van der Waals surface area contributed by atoms with Gasteiger partial charge in [0, 0.05) is 0 Å². The second-order valence-electron chi connectivity index (χ2n) is 2.36. The van der Waals surface area contributed by atoms with Crippen molar-refractivity contribution in [2.24, 2.45) is 0 Å². The predicted molar refractivity (Wildman–Crippen MR) is 28.8 cm³/mol. The average Bonchev–Trinajstić information content (AvgIpc) is 1.62. The molecule has 0 radical (unpaired) electrons. The van der Waals surface area contributed by atoms with Crippen molar-refractivity contribution in [2.45, 2.75) is 18.9 Å². The molecular weight excluding hydrogens is 122 g/mol. The Balaban J connectivity index is 2.60. The molecule has 1 atom stereocenters. The number of hydrogen-bond acceptors (Lipinski definition) is 2. The van der Waals surface area contributed by atoms with Gasteiger partial charge in [-0.05, 0) is 6.92 Å². The lowest BCUT2D eigenvalue weighted by Gasteiger charge is -2.34. The molecule has 50 valence electrons. The number of hydrogen-bond donors (Lipinski definition) is 2. The van der Waals surface area contributed by atoms with Gasteiger partial charge in [-0.2, -0.15) is 0 Å². The van der Waals surface area contributed by atoms with Gasteiger partial charge in [0.25, 0.3) is 0 Å². The lowest BCUT2D eigenvalue weighted by molar-refractivity contribution is -0.154. The molecule has 0 saturated carbocycles. The molecule has 9 heavy (non-hydrogen) atoms. The van der Waals surface area contributed by atoms with Crippen molar-refractivity contribution in [1.82, 2.24) is 5.32 Å². The molecule has 0 bridgehead atoms. The Kier molecular flexibility index (Phi) is 0.986. The number of rotatable bonds is 1. The number of nitrogens with one attached hydrogen (secondary N) is 1. The molecule has 1 aliphatic rings. The lowest BCUT2D eigenvalue weighted by atomic mass is 9.90. The highest BCUT2D eigenvalue weighted by molar-refractivity contribution is 5.97. The Morgan fingerprint density at radius 3 is 2.44 bits per heavy atom. The fourth-order valence-electron chi connectivity index (χ4n) is 0.740. The molecule has 0 aromatic carbocycles. The smallest absolute Gasteiger partial charge is 0.329 e. The zero-order valence-electron chi connectivity index (χ0n) is 4.97. The SMILES string of the molecule is CC1(C(=O)O)CC(=O)N1. The third-order valence-corrected chi connectivity index (χ3v) is 1.40. The van der Waals surface area contributed by atoms with Crippen LogP contribution in [0.3, 0.4) is 0 Å². The fourth-order valence-corrected chi connectivity index (χ4v) is 0.740. The first-order chi connectivity index (χ1) is 4.04. The van der Waals surface area contributed by atoms with E-state index in [2.05, 4.69) is 5.32 Å². The van der Waals surface area contributed by atoms with E-state index >= 15 is 0 Å². The number of β-lactam (4-membered cyclic amide) rings is 1. The van der Waals surface area contributed by atoms with E-state index in [1.54, 1.807) is 0 Å². The largest absolute Gasteiger partial charge is 0.480 e. The number of carboxylic acid groups (broad SMARTS) is 1. The minimum Gasteiger partial charge on any atom is -0.480 e. The van der Waals surface area contributed by atoms with Crippen LogP contribution in [0.25, 0.3) is 0 Å². The summed E-state index contributed by atoms with van der Waals surface area (Å²) in [5.41, 5.74) is -0.989. The van der Waals surface area contributed by atoms with Crippen LogP contribution in [0, 0.1) is 0 Å². The number of carbonyl (C=O) groups is 2. The van der Waals surface area contributed by atoms with Gasteiger partial charge in [0.05, 0.1) is 6.42 Å². The van der Waals surface area contributed by atoms with Gasteiger partial charge in [-0.15, -0.1) is 0 Å². The van der Waals surface area contributed by atoms with E-state index in [4.69, 9.17) is 5.11 Å². The molecular formula is C5H7NO3. The Bertz CT molecular complexity index is 167. The third-order valence-electron chi connectivity index (χ3n) is 1.40. The highest BCUT2D eigenvalue weighted by Gasteiger charge is 2.45. The summed E-state index contributed by atoms with van der Waals surface area (Å²) in [7, 11) is 0. The molecule has 4 heteroatoms. The minimum atomic E-state index is -0.989. The zero-order chi connectivity index (χ0) is 7.07. The van der Waals surface area contributed by atoms with Crippen LogP contribution in [-0.2, 0) is 9.59 Å². The number of aliphatic carboxylic acids is 1. The maximum absolute atomic E-state index is 10.2. The van der Waals surface area contributed by atoms with E-state index in [1.807, 2.05) is 0 Å². The normalized spacial score (nSPS) is 32.8. The van der Waals surface area contributed by atoms with Gasteiger partial charge in [-0.25, -0.2) is 4.79 Å². The molecule has 0 aromatic heterocycles. The molecule has 1 aliphatic heterocycles. The molecule has 1 amide bonds. The standard InChI is InChI=1S/C5H7NO3/c1-5(4(8)9)2-3(7)6-5/h2H2,1H3,(H,6,7)(H,8,9). The van der Waals surface area contributed by atoms with Crippen LogP contribution in [0.5, 0.6) is 0 Å². The van der Waals surface area contributed by atoms with Gasteiger partial charge in [-0.1, -0.05) is 0 Å². The number of carbonyl (C=O) groups excluding carboxylic acids is 1. The van der Waals surface area contributed by atoms with Crippen LogP contribution >= 0.6 is 0 Å². The first-order valence-corrected chi connectivity index (χ1v) is 2.59. The summed E-state index contributed by atoms with van der Waals surface area (Å²) in [6.07, 6.45) is 0.0995. The van der Waals surface area contributed by atoms with Crippen molar-refractivity contribution in [2.75, 3.05) is 0 Å². The van der Waals surface area contributed by atoms with E-state index in [0.29, 0.717) is 0 Å². The van der Waals surface area contributed by atoms with Gasteiger partial charge < -0.3 is 10.4 Å². The van der Waals surface area contributed by atoms with Crippen LogP contribution in [0.4, 0.5) is 0 Å². The molecule has 0 spiro atoms. The van der Waals surface area contributed by atoms with Crippen molar-refractivity contribution in [1.29, 1.82) is 0 Å². The van der Waals surface area contributed by atoms with Crippen LogP contribution in [0.2, 0.25) is 0 Å². The first kappa shape index (κ1) is 6.07. The molecule has 4 nitrogen and oxygen atoms in total. The monoisotopic (exact) mass is 129 g/mol. The Morgan fingerprint density at radius 1 is 1.89 bits per heavy atom. The molecule has 0 aromatic rings. The predicted octanol–water partition coefficient (Wildman–Crippen LogP) is -0.650. The highest BCUT2D eigenvalue weighted by atomic mass is 16.4. The summed E-state index contributed by atoms with van der Waals surface area (Å²) < 4.78 is 0. The summed E-state index contributed by atoms with van der Waals surface area (Å²) in [4.78, 5) is 20.5. The summed E-state index contributed by atoms with van der Waals surface area (Å²) in [6.45, 7) is 1.48. The van der Waals surface area contributed by atoms with Crippen molar-refractivity contribution >= 4 is 11.9 Å². The van der Waals surface area contributed by atoms with E-state index in [9.17, 15) is 9.59 Å². The van der Waals surface area contributed by atoms with E-state index in [-0.39, 0.29) is 12.3 Å². The van der Waals surface area contributed by atoms with Gasteiger partial charge in [0.1, 0.15) is 5.54 Å². The van der Waals surface area contributed by atoms with Crippen LogP contribution in [0.1, 0.15) is 13.3 Å². The van der Waals surface area contributed by atoms with Gasteiger partial charge in [0.15, 0.2) is 0 Å². The molecule has 2 N–H and O–H groups in total. The molecule has 1 saturated heterocycles. The molecule has 1 unspecified atom stereocenters. The number of amides is 1. The first-order valence-electron chi connectivity index (χ1n) is 2.59. The number of carboxylic acids is 1. The average molecular weight is 129 g/mol. The second kappa shape index (κ2) is 1.46. The maximum Gasteiger partial charge on any atom is 0.329 e. The molecule has 0 aliphatic carbocycles.